The maximum absolute atomic E-state index is 14.0. The summed E-state index contributed by atoms with van der Waals surface area (Å²) in [4.78, 5) is 39.7. The van der Waals surface area contributed by atoms with E-state index in [-0.39, 0.29) is 31.2 Å². The topological polar surface area (TPSA) is 129 Å². The number of carbonyl (C=O) groups excluding carboxylic acids is 2. The van der Waals surface area contributed by atoms with Crippen LogP contribution < -0.4 is 10.2 Å². The van der Waals surface area contributed by atoms with E-state index in [1.54, 1.807) is 23.1 Å². The number of hydrogen-bond acceptors (Lipinski definition) is 6. The molecule has 0 saturated carbocycles. The number of anilines is 2. The lowest BCUT2D eigenvalue weighted by molar-refractivity contribution is -0.136. The van der Waals surface area contributed by atoms with Crippen LogP contribution in [0.3, 0.4) is 0 Å². The Morgan fingerprint density at radius 1 is 1.10 bits per heavy atom. The van der Waals surface area contributed by atoms with Crippen molar-refractivity contribution in [3.8, 4) is 0 Å². The summed E-state index contributed by atoms with van der Waals surface area (Å²) in [5, 5.41) is 22.0. The quantitative estimate of drug-likeness (QED) is 0.352. The largest absolute Gasteiger partial charge is 0.475 e. The summed E-state index contributed by atoms with van der Waals surface area (Å²) >= 11 is 6.42. The number of halogens is 1. The van der Waals surface area contributed by atoms with Crippen molar-refractivity contribution in [2.45, 2.75) is 46.3 Å². The van der Waals surface area contributed by atoms with E-state index in [9.17, 15) is 19.5 Å². The molecule has 0 unspecified atom stereocenters. The number of hydrogen-bond donors (Lipinski definition) is 3. The number of ether oxygens (including phenoxy) is 1. The van der Waals surface area contributed by atoms with Crippen LogP contribution in [0.2, 0.25) is 5.02 Å². The number of amides is 2. The van der Waals surface area contributed by atoms with Gasteiger partial charge in [-0.3, -0.25) is 14.9 Å². The molecule has 2 atom stereocenters. The standard InChI is InChI=1S/C29H31ClN2O7/c1-16-6-5-7-19(17(16)2)26-20-12-18(30)8-9-21(20)32(14-29(3,4)15-33)27(35)23(39-26)13-24(34)31-25-11-10-22(38-25)28(36)37/h5-12,23,26,33H,13-15H2,1-4H3,(H,31,34)(H,36,37)/t23-,26-/m1/s1. The number of carboxylic acid groups (broad SMARTS) is 1. The van der Waals surface area contributed by atoms with E-state index < -0.39 is 35.4 Å². The Hall–Kier alpha value is -3.66. The highest BCUT2D eigenvalue weighted by atomic mass is 35.5. The predicted molar refractivity (Wildman–Crippen MR) is 146 cm³/mol. The fraction of sp³-hybridized carbons (Fsp3) is 0.345. The van der Waals surface area contributed by atoms with E-state index in [2.05, 4.69) is 5.32 Å². The van der Waals surface area contributed by atoms with Gasteiger partial charge in [-0.2, -0.15) is 0 Å². The monoisotopic (exact) mass is 554 g/mol. The molecule has 1 aromatic heterocycles. The van der Waals surface area contributed by atoms with Crippen LogP contribution >= 0.6 is 11.6 Å². The molecule has 3 aromatic rings. The summed E-state index contributed by atoms with van der Waals surface area (Å²) in [6.07, 6.45) is -2.28. The third kappa shape index (κ3) is 6.16. The first kappa shape index (κ1) is 28.4. The number of carboxylic acids is 1. The van der Waals surface area contributed by atoms with Gasteiger partial charge in [0.1, 0.15) is 12.2 Å². The van der Waals surface area contributed by atoms with E-state index in [0.717, 1.165) is 16.7 Å². The number of aryl methyl sites for hydroxylation is 1. The van der Waals surface area contributed by atoms with Gasteiger partial charge in [-0.15, -0.1) is 0 Å². The summed E-state index contributed by atoms with van der Waals surface area (Å²) in [5.41, 5.74) is 3.44. The van der Waals surface area contributed by atoms with Crippen LogP contribution in [0, 0.1) is 19.3 Å². The van der Waals surface area contributed by atoms with E-state index in [0.29, 0.717) is 16.3 Å². The summed E-state index contributed by atoms with van der Waals surface area (Å²) in [6.45, 7) is 7.62. The number of nitrogens with one attached hydrogen (secondary N) is 1. The highest BCUT2D eigenvalue weighted by molar-refractivity contribution is 6.30. The van der Waals surface area contributed by atoms with E-state index in [1.807, 2.05) is 45.9 Å². The Kier molecular flexibility index (Phi) is 8.15. The molecule has 2 heterocycles. The summed E-state index contributed by atoms with van der Waals surface area (Å²) < 4.78 is 11.6. The molecule has 0 bridgehead atoms. The molecule has 1 aliphatic rings. The second-order valence-corrected chi connectivity index (χ2v) is 10.9. The zero-order valence-electron chi connectivity index (χ0n) is 22.2. The molecule has 4 rings (SSSR count). The number of fused-ring (bicyclic) bond motifs is 1. The zero-order valence-corrected chi connectivity index (χ0v) is 22.9. The van der Waals surface area contributed by atoms with Crippen molar-refractivity contribution in [1.29, 1.82) is 0 Å². The third-order valence-electron chi connectivity index (χ3n) is 6.80. The highest BCUT2D eigenvalue weighted by Crippen LogP contribution is 2.42. The Bertz CT molecular complexity index is 1410. The molecule has 9 nitrogen and oxygen atoms in total. The Morgan fingerprint density at radius 3 is 2.51 bits per heavy atom. The zero-order chi connectivity index (χ0) is 28.5. The lowest BCUT2D eigenvalue weighted by Gasteiger charge is -2.32. The lowest BCUT2D eigenvalue weighted by atomic mass is 9.91. The number of rotatable bonds is 8. The molecule has 206 valence electrons. The van der Waals surface area contributed by atoms with E-state index in [4.69, 9.17) is 25.9 Å². The Labute approximate surface area is 231 Å². The van der Waals surface area contributed by atoms with Crippen molar-refractivity contribution >= 4 is 41.0 Å². The third-order valence-corrected chi connectivity index (χ3v) is 7.03. The minimum absolute atomic E-state index is 0.0575. The van der Waals surface area contributed by atoms with Gasteiger partial charge >= 0.3 is 5.97 Å². The summed E-state index contributed by atoms with van der Waals surface area (Å²) in [7, 11) is 0. The van der Waals surface area contributed by atoms with Gasteiger partial charge in [0.05, 0.1) is 6.42 Å². The van der Waals surface area contributed by atoms with Crippen LogP contribution in [0.15, 0.2) is 52.9 Å². The molecule has 0 saturated heterocycles. The van der Waals surface area contributed by atoms with Crippen LogP contribution in [0.4, 0.5) is 11.6 Å². The number of furan rings is 1. The number of nitrogens with zero attached hydrogens (tertiary/aromatic N) is 1. The van der Waals surface area contributed by atoms with Crippen LogP contribution in [0.1, 0.15) is 59.2 Å². The van der Waals surface area contributed by atoms with Crippen LogP contribution in [0.25, 0.3) is 0 Å². The molecule has 3 N–H and O–H groups in total. The molecule has 0 radical (unpaired) electrons. The first-order valence-corrected chi connectivity index (χ1v) is 12.8. The first-order valence-electron chi connectivity index (χ1n) is 12.5. The molecular weight excluding hydrogens is 524 g/mol. The summed E-state index contributed by atoms with van der Waals surface area (Å²) in [5.74, 6) is -2.70. The minimum Gasteiger partial charge on any atom is -0.475 e. The molecular formula is C29H31ClN2O7. The lowest BCUT2D eigenvalue weighted by Crippen LogP contribution is -2.46. The van der Waals surface area contributed by atoms with Crippen molar-refractivity contribution in [2.75, 3.05) is 23.4 Å². The highest BCUT2D eigenvalue weighted by Gasteiger charge is 2.40. The smallest absolute Gasteiger partial charge is 0.371 e. The van der Waals surface area contributed by atoms with Crippen LogP contribution in [0.5, 0.6) is 0 Å². The average Bonchev–Trinajstić information content (AvgIpc) is 3.32. The normalized spacial score (nSPS) is 17.5. The van der Waals surface area contributed by atoms with Gasteiger partial charge in [0.25, 0.3) is 5.91 Å². The number of aromatic carboxylic acids is 1. The molecule has 0 fully saturated rings. The second-order valence-electron chi connectivity index (χ2n) is 10.5. The molecule has 0 spiro atoms. The van der Waals surface area contributed by atoms with Gasteiger partial charge in [0.15, 0.2) is 0 Å². The maximum Gasteiger partial charge on any atom is 0.371 e. The van der Waals surface area contributed by atoms with Crippen molar-refractivity contribution in [3.05, 3.63) is 81.6 Å². The van der Waals surface area contributed by atoms with Gasteiger partial charge < -0.3 is 24.3 Å². The fourth-order valence-corrected chi connectivity index (χ4v) is 4.70. The fourth-order valence-electron chi connectivity index (χ4n) is 4.52. The molecule has 2 amide bonds. The van der Waals surface area contributed by atoms with Gasteiger partial charge in [-0.25, -0.2) is 4.79 Å². The van der Waals surface area contributed by atoms with Crippen LogP contribution in [-0.2, 0) is 14.3 Å². The SMILES string of the molecule is Cc1cccc([C@H]2O[C@H](CC(=O)Nc3ccc(C(=O)O)o3)C(=O)N(CC(C)(C)CO)c3ccc(Cl)cc32)c1C. The van der Waals surface area contributed by atoms with Crippen molar-refractivity contribution in [3.63, 3.8) is 0 Å². The average molecular weight is 555 g/mol. The number of carbonyl (C=O) groups is 3. The van der Waals surface area contributed by atoms with Gasteiger partial charge in [0.2, 0.25) is 17.6 Å². The van der Waals surface area contributed by atoms with E-state index >= 15 is 0 Å². The van der Waals surface area contributed by atoms with Crippen LogP contribution in [-0.4, -0.2) is 47.3 Å². The Balaban J connectivity index is 1.77. The van der Waals surface area contributed by atoms with Gasteiger partial charge in [0, 0.05) is 40.9 Å². The Morgan fingerprint density at radius 2 is 1.85 bits per heavy atom. The first-order chi connectivity index (χ1) is 18.4. The number of benzene rings is 2. The van der Waals surface area contributed by atoms with E-state index in [1.165, 1.54) is 12.1 Å². The van der Waals surface area contributed by atoms with Crippen molar-refractivity contribution < 1.29 is 33.8 Å². The minimum atomic E-state index is -1.27. The molecule has 0 aliphatic carbocycles. The number of aliphatic hydroxyl groups is 1. The number of aliphatic hydroxyl groups excluding tert-OH is 1. The second kappa shape index (κ2) is 11.2. The summed E-state index contributed by atoms with van der Waals surface area (Å²) in [6, 6.07) is 13.6. The van der Waals surface area contributed by atoms with Gasteiger partial charge in [-0.1, -0.05) is 43.6 Å². The molecule has 39 heavy (non-hydrogen) atoms. The van der Waals surface area contributed by atoms with Gasteiger partial charge in [-0.05, 0) is 54.8 Å². The molecule has 1 aliphatic heterocycles. The molecule has 10 heteroatoms. The molecule has 2 aromatic carbocycles. The van der Waals surface area contributed by atoms with Crippen molar-refractivity contribution in [1.82, 2.24) is 0 Å². The maximum atomic E-state index is 14.0. The van der Waals surface area contributed by atoms with Crippen molar-refractivity contribution in [2.24, 2.45) is 5.41 Å². The predicted octanol–water partition coefficient (Wildman–Crippen LogP) is 5.12.